The highest BCUT2D eigenvalue weighted by molar-refractivity contribution is 6.30. The summed E-state index contributed by atoms with van der Waals surface area (Å²) >= 11 is 6.20. The summed E-state index contributed by atoms with van der Waals surface area (Å²) < 4.78 is 7.65. The summed E-state index contributed by atoms with van der Waals surface area (Å²) in [5.41, 5.74) is 2.15. The van der Waals surface area contributed by atoms with Crippen LogP contribution in [0.5, 0.6) is 0 Å². The molecule has 2 fully saturated rings. The van der Waals surface area contributed by atoms with Crippen molar-refractivity contribution >= 4 is 46.4 Å². The largest absolute Gasteiger partial charge is 0.465 e. The Morgan fingerprint density at radius 2 is 1.97 bits per heavy atom. The number of carbonyl (C=O) groups is 1. The summed E-state index contributed by atoms with van der Waals surface area (Å²) in [6.45, 7) is 3.60. The van der Waals surface area contributed by atoms with Crippen molar-refractivity contribution < 1.29 is 14.6 Å². The Morgan fingerprint density at radius 3 is 2.69 bits per heavy atom. The highest BCUT2D eigenvalue weighted by Gasteiger charge is 2.30. The predicted molar refractivity (Wildman–Crippen MR) is 135 cm³/mol. The van der Waals surface area contributed by atoms with E-state index in [0.717, 1.165) is 49.9 Å². The molecule has 1 saturated heterocycles. The molecule has 0 bridgehead atoms. The summed E-state index contributed by atoms with van der Waals surface area (Å²) in [6.07, 6.45) is 5.67. The third kappa shape index (κ3) is 5.43. The molecule has 1 aliphatic heterocycles. The Bertz CT molecular complexity index is 1200. The first-order valence-corrected chi connectivity index (χ1v) is 12.4. The van der Waals surface area contributed by atoms with Gasteiger partial charge in [-0.15, -0.1) is 0 Å². The van der Waals surface area contributed by atoms with E-state index in [0.29, 0.717) is 35.6 Å². The van der Waals surface area contributed by atoms with Crippen molar-refractivity contribution in [1.29, 1.82) is 0 Å². The Hall–Kier alpha value is -3.11. The summed E-state index contributed by atoms with van der Waals surface area (Å²) in [6, 6.07) is 7.58. The van der Waals surface area contributed by atoms with Crippen molar-refractivity contribution in [1.82, 2.24) is 24.8 Å². The van der Waals surface area contributed by atoms with Gasteiger partial charge in [0, 0.05) is 41.5 Å². The Kier molecular flexibility index (Phi) is 6.66. The maximum absolute atomic E-state index is 11.1. The molecule has 0 spiro atoms. The minimum atomic E-state index is -0.977. The van der Waals surface area contributed by atoms with Gasteiger partial charge in [0.05, 0.1) is 6.20 Å². The molecule has 0 unspecified atom stereocenters. The SMILES string of the molecule is CC1(Nc2ncc3nc(Nc4cccc(Cl)c4)n([C@H]4CC[C@H](NC(=O)O)CC4)c3n2)CCOCC1. The van der Waals surface area contributed by atoms with Crippen LogP contribution in [0.1, 0.15) is 51.5 Å². The molecule has 35 heavy (non-hydrogen) atoms. The first kappa shape index (κ1) is 23.6. The number of benzene rings is 1. The minimum absolute atomic E-state index is 0.0387. The highest BCUT2D eigenvalue weighted by atomic mass is 35.5. The topological polar surface area (TPSA) is 126 Å². The smallest absolute Gasteiger partial charge is 0.404 e. The lowest BCUT2D eigenvalue weighted by molar-refractivity contribution is 0.0656. The number of ether oxygens (including phenoxy) is 1. The van der Waals surface area contributed by atoms with Gasteiger partial charge in [-0.1, -0.05) is 17.7 Å². The standard InChI is InChI=1S/C24H30ClN7O3/c1-24(9-11-35-12-10-24)31-21-26-14-19-20(30-21)32(18-7-5-16(6-8-18)28-23(33)34)22(29-19)27-17-4-2-3-15(25)13-17/h2-4,13-14,16,18,28H,5-12H2,1H3,(H,27,29)(H,33,34)(H,26,30,31)/t16-,18-. The summed E-state index contributed by atoms with van der Waals surface area (Å²) in [4.78, 5) is 25.3. The van der Waals surface area contributed by atoms with E-state index in [1.807, 2.05) is 24.3 Å². The molecule has 1 saturated carbocycles. The molecule has 1 aliphatic carbocycles. The number of carboxylic acid groups (broad SMARTS) is 1. The summed E-state index contributed by atoms with van der Waals surface area (Å²) in [5, 5.41) is 19.3. The number of fused-ring (bicyclic) bond motifs is 1. The zero-order valence-electron chi connectivity index (χ0n) is 19.6. The lowest BCUT2D eigenvalue weighted by atomic mass is 9.91. The maximum atomic E-state index is 11.1. The third-order valence-corrected chi connectivity index (χ3v) is 7.15. The van der Waals surface area contributed by atoms with Crippen molar-refractivity contribution in [2.45, 2.75) is 63.1 Å². The van der Waals surface area contributed by atoms with Crippen LogP contribution in [0, 0.1) is 0 Å². The van der Waals surface area contributed by atoms with E-state index in [1.54, 1.807) is 6.20 Å². The molecule has 1 aromatic carbocycles. The number of rotatable bonds is 6. The molecule has 11 heteroatoms. The zero-order chi connectivity index (χ0) is 24.4. The van der Waals surface area contributed by atoms with Crippen LogP contribution in [0.3, 0.4) is 0 Å². The van der Waals surface area contributed by atoms with Crippen molar-refractivity contribution in [3.8, 4) is 0 Å². The van der Waals surface area contributed by atoms with E-state index in [9.17, 15) is 4.79 Å². The summed E-state index contributed by atoms with van der Waals surface area (Å²) in [7, 11) is 0. The second-order valence-corrected chi connectivity index (χ2v) is 10.0. The van der Waals surface area contributed by atoms with Gasteiger partial charge >= 0.3 is 6.09 Å². The van der Waals surface area contributed by atoms with Gasteiger partial charge in [-0.2, -0.15) is 4.98 Å². The average Bonchev–Trinajstić information content (AvgIpc) is 3.16. The lowest BCUT2D eigenvalue weighted by Crippen LogP contribution is -2.41. The van der Waals surface area contributed by atoms with Gasteiger partial charge in [-0.05, 0) is 63.6 Å². The summed E-state index contributed by atoms with van der Waals surface area (Å²) in [5.74, 6) is 1.24. The number of imidazole rings is 1. The van der Waals surface area contributed by atoms with Crippen LogP contribution < -0.4 is 16.0 Å². The molecule has 1 amide bonds. The normalized spacial score (nSPS) is 22.0. The van der Waals surface area contributed by atoms with Gasteiger partial charge in [-0.3, -0.25) is 4.57 Å². The molecule has 3 heterocycles. The monoisotopic (exact) mass is 499 g/mol. The van der Waals surface area contributed by atoms with Crippen LogP contribution >= 0.6 is 11.6 Å². The fourth-order valence-corrected chi connectivity index (χ4v) is 5.14. The van der Waals surface area contributed by atoms with E-state index in [1.165, 1.54) is 0 Å². The number of anilines is 3. The van der Waals surface area contributed by atoms with Crippen molar-refractivity contribution in [2.24, 2.45) is 0 Å². The molecular formula is C24H30ClN7O3. The second kappa shape index (κ2) is 9.87. The van der Waals surface area contributed by atoms with E-state index >= 15 is 0 Å². The van der Waals surface area contributed by atoms with Gasteiger partial charge in [0.2, 0.25) is 11.9 Å². The van der Waals surface area contributed by atoms with Gasteiger partial charge < -0.3 is 25.8 Å². The van der Waals surface area contributed by atoms with Gasteiger partial charge in [0.15, 0.2) is 5.65 Å². The zero-order valence-corrected chi connectivity index (χ0v) is 20.4. The number of nitrogens with zero attached hydrogens (tertiary/aromatic N) is 4. The van der Waals surface area contributed by atoms with Crippen LogP contribution in [-0.2, 0) is 4.74 Å². The van der Waals surface area contributed by atoms with Crippen LogP contribution in [0.25, 0.3) is 11.2 Å². The van der Waals surface area contributed by atoms with E-state index < -0.39 is 6.09 Å². The van der Waals surface area contributed by atoms with Crippen molar-refractivity contribution in [3.63, 3.8) is 0 Å². The van der Waals surface area contributed by atoms with Gasteiger partial charge in [0.1, 0.15) is 5.52 Å². The van der Waals surface area contributed by atoms with Gasteiger partial charge in [0.25, 0.3) is 0 Å². The van der Waals surface area contributed by atoms with Gasteiger partial charge in [-0.25, -0.2) is 14.8 Å². The molecule has 5 rings (SSSR count). The molecule has 10 nitrogen and oxygen atoms in total. The number of nitrogens with one attached hydrogen (secondary N) is 3. The highest BCUT2D eigenvalue weighted by Crippen LogP contribution is 2.35. The first-order chi connectivity index (χ1) is 16.9. The van der Waals surface area contributed by atoms with Crippen LogP contribution in [-0.4, -0.2) is 55.5 Å². The first-order valence-electron chi connectivity index (χ1n) is 12.0. The number of hydrogen-bond acceptors (Lipinski definition) is 7. The molecule has 0 atom stereocenters. The van der Waals surface area contributed by atoms with E-state index in [4.69, 9.17) is 31.4 Å². The second-order valence-electron chi connectivity index (χ2n) is 9.60. The Morgan fingerprint density at radius 1 is 1.20 bits per heavy atom. The van der Waals surface area contributed by atoms with E-state index in [-0.39, 0.29) is 17.6 Å². The number of hydrogen-bond donors (Lipinski definition) is 4. The quantitative estimate of drug-likeness (QED) is 0.375. The lowest BCUT2D eigenvalue weighted by Gasteiger charge is -2.34. The van der Waals surface area contributed by atoms with Crippen LogP contribution in [0.4, 0.5) is 22.4 Å². The maximum Gasteiger partial charge on any atom is 0.404 e. The number of amides is 1. The van der Waals surface area contributed by atoms with Crippen molar-refractivity contribution in [3.05, 3.63) is 35.5 Å². The van der Waals surface area contributed by atoms with Crippen LogP contribution in [0.2, 0.25) is 5.02 Å². The fraction of sp³-hybridized carbons (Fsp3) is 0.500. The molecule has 4 N–H and O–H groups in total. The minimum Gasteiger partial charge on any atom is -0.465 e. The third-order valence-electron chi connectivity index (χ3n) is 6.91. The van der Waals surface area contributed by atoms with Crippen molar-refractivity contribution in [2.75, 3.05) is 23.8 Å². The Balaban J connectivity index is 1.48. The Labute approximate surface area is 208 Å². The molecule has 2 aromatic heterocycles. The van der Waals surface area contributed by atoms with Crippen LogP contribution in [0.15, 0.2) is 30.5 Å². The van der Waals surface area contributed by atoms with E-state index in [2.05, 4.69) is 32.4 Å². The number of halogens is 1. The fourth-order valence-electron chi connectivity index (χ4n) is 4.95. The predicted octanol–water partition coefficient (Wildman–Crippen LogP) is 4.96. The molecule has 0 radical (unpaired) electrons. The molecule has 3 aromatic rings. The molecule has 2 aliphatic rings. The molecular weight excluding hydrogens is 470 g/mol. The molecule has 186 valence electrons. The number of aromatic nitrogens is 4. The average molecular weight is 500 g/mol.